The normalized spacial score (nSPS) is 12.2. The predicted molar refractivity (Wildman–Crippen MR) is 82.8 cm³/mol. The van der Waals surface area contributed by atoms with Crippen LogP contribution in [0.15, 0.2) is 36.4 Å². The van der Waals surface area contributed by atoms with Gasteiger partial charge < -0.3 is 10.1 Å². The molecule has 1 aromatic rings. The maximum atomic E-state index is 5.81. The maximum absolute atomic E-state index is 5.81. The second kappa shape index (κ2) is 8.76. The Morgan fingerprint density at radius 3 is 2.79 bits per heavy atom. The summed E-state index contributed by atoms with van der Waals surface area (Å²) in [6.45, 7) is 12.1. The fraction of sp³-hybridized carbons (Fsp3) is 0.529. The van der Waals surface area contributed by atoms with E-state index in [-0.39, 0.29) is 0 Å². The Balaban J connectivity index is 2.32. The molecule has 0 radical (unpaired) electrons. The van der Waals surface area contributed by atoms with Crippen LogP contribution in [0.3, 0.4) is 0 Å². The van der Waals surface area contributed by atoms with E-state index in [1.807, 2.05) is 12.1 Å². The summed E-state index contributed by atoms with van der Waals surface area (Å²) in [5.74, 6) is 0.968. The van der Waals surface area contributed by atoms with Crippen LogP contribution in [0.5, 0.6) is 5.75 Å². The van der Waals surface area contributed by atoms with Gasteiger partial charge in [0.2, 0.25) is 0 Å². The summed E-state index contributed by atoms with van der Waals surface area (Å²) in [7, 11) is 0. The quantitative estimate of drug-likeness (QED) is 0.676. The highest BCUT2D eigenvalue weighted by molar-refractivity contribution is 5.27. The monoisotopic (exact) mass is 261 g/mol. The number of rotatable bonds is 9. The smallest absolute Gasteiger partial charge is 0.119 e. The topological polar surface area (TPSA) is 21.3 Å². The van der Waals surface area contributed by atoms with Crippen molar-refractivity contribution in [2.24, 2.45) is 0 Å². The summed E-state index contributed by atoms with van der Waals surface area (Å²) in [5, 5.41) is 3.51. The molecule has 1 aromatic carbocycles. The first-order valence-corrected chi connectivity index (χ1v) is 7.19. The molecule has 1 N–H and O–H groups in total. The first-order chi connectivity index (χ1) is 9.11. The molecule has 1 atom stereocenters. The van der Waals surface area contributed by atoms with Crippen molar-refractivity contribution in [3.05, 3.63) is 42.0 Å². The molecule has 0 bridgehead atoms. The maximum Gasteiger partial charge on any atom is 0.119 e. The van der Waals surface area contributed by atoms with E-state index in [2.05, 4.69) is 44.8 Å². The van der Waals surface area contributed by atoms with Crippen molar-refractivity contribution in [1.82, 2.24) is 5.32 Å². The van der Waals surface area contributed by atoms with Crippen LogP contribution in [0, 0.1) is 6.92 Å². The highest BCUT2D eigenvalue weighted by Crippen LogP contribution is 2.14. The van der Waals surface area contributed by atoms with Crippen LogP contribution in [-0.2, 0) is 0 Å². The van der Waals surface area contributed by atoms with Gasteiger partial charge in [-0.05, 0) is 57.4 Å². The molecular weight excluding hydrogens is 234 g/mol. The number of benzene rings is 1. The molecule has 0 heterocycles. The first kappa shape index (κ1) is 15.8. The van der Waals surface area contributed by atoms with Gasteiger partial charge in [0.1, 0.15) is 5.75 Å². The SMILES string of the molecule is C=C(C)CCC(CCOc1cccc(C)c1)NCC. The zero-order valence-electron chi connectivity index (χ0n) is 12.5. The Morgan fingerprint density at radius 1 is 1.37 bits per heavy atom. The summed E-state index contributed by atoms with van der Waals surface area (Å²) < 4.78 is 5.81. The highest BCUT2D eigenvalue weighted by Gasteiger charge is 2.07. The van der Waals surface area contributed by atoms with Crippen molar-refractivity contribution in [1.29, 1.82) is 0 Å². The molecule has 106 valence electrons. The van der Waals surface area contributed by atoms with Gasteiger partial charge in [-0.15, -0.1) is 6.58 Å². The van der Waals surface area contributed by atoms with Gasteiger partial charge in [-0.1, -0.05) is 24.6 Å². The van der Waals surface area contributed by atoms with Crippen LogP contribution in [0.25, 0.3) is 0 Å². The van der Waals surface area contributed by atoms with Crippen LogP contribution in [-0.4, -0.2) is 19.2 Å². The third kappa shape index (κ3) is 7.02. The lowest BCUT2D eigenvalue weighted by Gasteiger charge is -2.18. The van der Waals surface area contributed by atoms with Crippen molar-refractivity contribution in [2.75, 3.05) is 13.2 Å². The summed E-state index contributed by atoms with van der Waals surface area (Å²) in [4.78, 5) is 0. The van der Waals surface area contributed by atoms with E-state index in [1.54, 1.807) is 0 Å². The van der Waals surface area contributed by atoms with Gasteiger partial charge in [0.05, 0.1) is 6.61 Å². The number of hydrogen-bond donors (Lipinski definition) is 1. The third-order valence-corrected chi connectivity index (χ3v) is 3.14. The van der Waals surface area contributed by atoms with Crippen molar-refractivity contribution in [3.63, 3.8) is 0 Å². The minimum absolute atomic E-state index is 0.520. The third-order valence-electron chi connectivity index (χ3n) is 3.14. The van der Waals surface area contributed by atoms with E-state index in [4.69, 9.17) is 4.74 Å². The molecular formula is C17H27NO. The van der Waals surface area contributed by atoms with E-state index in [1.165, 1.54) is 11.1 Å². The Morgan fingerprint density at radius 2 is 2.16 bits per heavy atom. The lowest BCUT2D eigenvalue weighted by Crippen LogP contribution is -2.30. The molecule has 0 saturated heterocycles. The predicted octanol–water partition coefficient (Wildman–Crippen LogP) is 4.10. The molecule has 0 aliphatic rings. The van der Waals surface area contributed by atoms with Gasteiger partial charge in [0, 0.05) is 6.04 Å². The minimum atomic E-state index is 0.520. The molecule has 0 aliphatic carbocycles. The zero-order valence-corrected chi connectivity index (χ0v) is 12.5. The van der Waals surface area contributed by atoms with E-state index < -0.39 is 0 Å². The molecule has 2 heteroatoms. The van der Waals surface area contributed by atoms with Crippen LogP contribution in [0.4, 0.5) is 0 Å². The van der Waals surface area contributed by atoms with Crippen molar-refractivity contribution < 1.29 is 4.74 Å². The molecule has 19 heavy (non-hydrogen) atoms. The average molecular weight is 261 g/mol. The Bertz CT molecular complexity index is 387. The van der Waals surface area contributed by atoms with Crippen molar-refractivity contribution >= 4 is 0 Å². The number of ether oxygens (including phenoxy) is 1. The number of nitrogens with one attached hydrogen (secondary N) is 1. The lowest BCUT2D eigenvalue weighted by molar-refractivity contribution is 0.281. The standard InChI is InChI=1S/C17H27NO/c1-5-18-16(10-9-14(2)3)11-12-19-17-8-6-7-15(4)13-17/h6-8,13,16,18H,2,5,9-12H2,1,3-4H3. The second-order valence-corrected chi connectivity index (χ2v) is 5.20. The van der Waals surface area contributed by atoms with Crippen molar-refractivity contribution in [3.8, 4) is 5.75 Å². The molecule has 0 saturated carbocycles. The molecule has 0 fully saturated rings. The number of hydrogen-bond acceptors (Lipinski definition) is 2. The van der Waals surface area contributed by atoms with E-state index in [0.717, 1.165) is 38.2 Å². The molecule has 2 nitrogen and oxygen atoms in total. The molecule has 1 unspecified atom stereocenters. The fourth-order valence-electron chi connectivity index (χ4n) is 2.08. The molecule has 1 rings (SSSR count). The van der Waals surface area contributed by atoms with Crippen molar-refractivity contribution in [2.45, 2.75) is 46.1 Å². The molecule has 0 aliphatic heterocycles. The number of aryl methyl sites for hydroxylation is 1. The van der Waals surface area contributed by atoms with Gasteiger partial charge >= 0.3 is 0 Å². The fourth-order valence-corrected chi connectivity index (χ4v) is 2.08. The Hall–Kier alpha value is -1.28. The molecule has 0 aromatic heterocycles. The molecule has 0 amide bonds. The first-order valence-electron chi connectivity index (χ1n) is 7.19. The molecule has 0 spiro atoms. The lowest BCUT2D eigenvalue weighted by atomic mass is 10.1. The number of allylic oxidation sites excluding steroid dienone is 1. The van der Waals surface area contributed by atoms with Gasteiger partial charge in [0.25, 0.3) is 0 Å². The Labute approximate surface area is 117 Å². The summed E-state index contributed by atoms with van der Waals surface area (Å²) in [6, 6.07) is 8.74. The van der Waals surface area contributed by atoms with E-state index in [9.17, 15) is 0 Å². The van der Waals surface area contributed by atoms with Crippen LogP contribution < -0.4 is 10.1 Å². The minimum Gasteiger partial charge on any atom is -0.494 e. The van der Waals surface area contributed by atoms with Gasteiger partial charge in [-0.3, -0.25) is 0 Å². The second-order valence-electron chi connectivity index (χ2n) is 5.20. The van der Waals surface area contributed by atoms with Crippen LogP contribution in [0.1, 0.15) is 38.7 Å². The van der Waals surface area contributed by atoms with E-state index in [0.29, 0.717) is 6.04 Å². The van der Waals surface area contributed by atoms with Crippen LogP contribution >= 0.6 is 0 Å². The summed E-state index contributed by atoms with van der Waals surface area (Å²) >= 11 is 0. The summed E-state index contributed by atoms with van der Waals surface area (Å²) in [5.41, 5.74) is 2.49. The van der Waals surface area contributed by atoms with E-state index >= 15 is 0 Å². The Kier molecular flexibility index (Phi) is 7.27. The van der Waals surface area contributed by atoms with Gasteiger partial charge in [-0.25, -0.2) is 0 Å². The largest absolute Gasteiger partial charge is 0.494 e. The zero-order chi connectivity index (χ0) is 14.1. The highest BCUT2D eigenvalue weighted by atomic mass is 16.5. The van der Waals surface area contributed by atoms with Crippen LogP contribution in [0.2, 0.25) is 0 Å². The van der Waals surface area contributed by atoms with Gasteiger partial charge in [0.15, 0.2) is 0 Å². The van der Waals surface area contributed by atoms with Gasteiger partial charge in [-0.2, -0.15) is 0 Å². The summed E-state index contributed by atoms with van der Waals surface area (Å²) in [6.07, 6.45) is 3.26. The average Bonchev–Trinajstić information content (AvgIpc) is 2.36.